The number of anilines is 1. The summed E-state index contributed by atoms with van der Waals surface area (Å²) in [6, 6.07) is 8.95. The molecule has 1 aliphatic carbocycles. The van der Waals surface area contributed by atoms with Crippen molar-refractivity contribution in [2.45, 2.75) is 44.8 Å². The van der Waals surface area contributed by atoms with E-state index in [0.29, 0.717) is 18.6 Å². The van der Waals surface area contributed by atoms with Gasteiger partial charge >= 0.3 is 0 Å². The molecule has 144 valence electrons. The largest absolute Gasteiger partial charge is 0.369 e. The van der Waals surface area contributed by atoms with E-state index < -0.39 is 0 Å². The molecule has 1 unspecified atom stereocenters. The van der Waals surface area contributed by atoms with Crippen LogP contribution >= 0.6 is 11.6 Å². The molecule has 1 saturated heterocycles. The number of guanidine groups is 1. The fourth-order valence-corrected chi connectivity index (χ4v) is 3.46. The van der Waals surface area contributed by atoms with Crippen LogP contribution in [-0.2, 0) is 13.6 Å². The Hall–Kier alpha value is -2.28. The van der Waals surface area contributed by atoms with Gasteiger partial charge in [-0.25, -0.2) is 4.99 Å². The number of benzene rings is 1. The van der Waals surface area contributed by atoms with Gasteiger partial charge in [0.2, 0.25) is 0 Å². The lowest BCUT2D eigenvalue weighted by molar-refractivity contribution is 0.642. The average molecular weight is 388 g/mol. The monoisotopic (exact) mass is 387 g/mol. The molecule has 27 heavy (non-hydrogen) atoms. The lowest BCUT2D eigenvalue weighted by Crippen LogP contribution is -2.45. The van der Waals surface area contributed by atoms with Crippen molar-refractivity contribution in [1.29, 1.82) is 0 Å². The normalized spacial score (nSPS) is 20.2. The fraction of sp³-hybridized carbons (Fsp3) is 0.526. The van der Waals surface area contributed by atoms with Gasteiger partial charge < -0.3 is 20.1 Å². The molecule has 2 N–H and O–H groups in total. The smallest absolute Gasteiger partial charge is 0.192 e. The maximum absolute atomic E-state index is 6.14. The minimum atomic E-state index is 0.357. The molecule has 0 spiro atoms. The lowest BCUT2D eigenvalue weighted by Gasteiger charge is -2.20. The summed E-state index contributed by atoms with van der Waals surface area (Å²) in [4.78, 5) is 7.12. The van der Waals surface area contributed by atoms with E-state index in [1.165, 1.54) is 18.5 Å². The highest BCUT2D eigenvalue weighted by Crippen LogP contribution is 2.24. The van der Waals surface area contributed by atoms with Crippen LogP contribution in [0.15, 0.2) is 29.3 Å². The molecular weight excluding hydrogens is 362 g/mol. The lowest BCUT2D eigenvalue weighted by atomic mass is 10.2. The third-order valence-corrected chi connectivity index (χ3v) is 5.42. The second-order valence-electron chi connectivity index (χ2n) is 7.36. The van der Waals surface area contributed by atoms with E-state index in [9.17, 15) is 0 Å². The highest BCUT2D eigenvalue weighted by atomic mass is 35.5. The first-order chi connectivity index (χ1) is 13.1. The maximum atomic E-state index is 6.14. The van der Waals surface area contributed by atoms with E-state index in [1.54, 1.807) is 0 Å². The summed E-state index contributed by atoms with van der Waals surface area (Å²) in [5.41, 5.74) is 1.18. The summed E-state index contributed by atoms with van der Waals surface area (Å²) in [5.74, 6) is 2.64. The van der Waals surface area contributed by atoms with Crippen molar-refractivity contribution in [3.8, 4) is 0 Å². The highest BCUT2D eigenvalue weighted by molar-refractivity contribution is 6.30. The van der Waals surface area contributed by atoms with E-state index in [4.69, 9.17) is 16.6 Å². The Bertz CT molecular complexity index is 827. The van der Waals surface area contributed by atoms with E-state index >= 15 is 0 Å². The zero-order valence-electron chi connectivity index (χ0n) is 15.8. The summed E-state index contributed by atoms with van der Waals surface area (Å²) in [5, 5.41) is 16.2. The molecule has 1 aromatic carbocycles. The predicted octanol–water partition coefficient (Wildman–Crippen LogP) is 2.25. The average Bonchev–Trinajstić information content (AvgIpc) is 3.25. The first kappa shape index (κ1) is 18.1. The highest BCUT2D eigenvalue weighted by Gasteiger charge is 2.27. The third kappa shape index (κ3) is 4.53. The van der Waals surface area contributed by atoms with Crippen LogP contribution in [0, 0.1) is 6.92 Å². The SMILES string of the molecule is Cc1nnc(CN=C(NC2CC2)NC2CCN(c3cccc(Cl)c3)C2)n1C. The van der Waals surface area contributed by atoms with Gasteiger partial charge in [-0.3, -0.25) is 0 Å². The molecule has 4 rings (SSSR count). The van der Waals surface area contributed by atoms with Crippen LogP contribution < -0.4 is 15.5 Å². The first-order valence-electron chi connectivity index (χ1n) is 9.51. The van der Waals surface area contributed by atoms with Gasteiger partial charge in [-0.15, -0.1) is 10.2 Å². The van der Waals surface area contributed by atoms with Gasteiger partial charge in [0.05, 0.1) is 0 Å². The third-order valence-electron chi connectivity index (χ3n) is 5.18. The number of aromatic nitrogens is 3. The quantitative estimate of drug-likeness (QED) is 0.608. The van der Waals surface area contributed by atoms with Crippen LogP contribution in [0.3, 0.4) is 0 Å². The predicted molar refractivity (Wildman–Crippen MR) is 108 cm³/mol. The molecule has 0 radical (unpaired) electrons. The van der Waals surface area contributed by atoms with Gasteiger partial charge in [-0.05, 0) is 44.4 Å². The van der Waals surface area contributed by atoms with Crippen molar-refractivity contribution in [2.75, 3.05) is 18.0 Å². The number of aliphatic imine (C=N–C) groups is 1. The zero-order chi connectivity index (χ0) is 18.8. The summed E-state index contributed by atoms with van der Waals surface area (Å²) >= 11 is 6.14. The Morgan fingerprint density at radius 1 is 1.22 bits per heavy atom. The molecule has 8 heteroatoms. The second-order valence-corrected chi connectivity index (χ2v) is 7.80. The van der Waals surface area contributed by atoms with Gasteiger partial charge in [0.25, 0.3) is 0 Å². The van der Waals surface area contributed by atoms with Crippen LogP contribution in [0.4, 0.5) is 5.69 Å². The molecule has 1 saturated carbocycles. The van der Waals surface area contributed by atoms with E-state index in [1.807, 2.05) is 36.7 Å². The van der Waals surface area contributed by atoms with E-state index in [0.717, 1.165) is 42.1 Å². The molecule has 2 aliphatic rings. The van der Waals surface area contributed by atoms with Crippen molar-refractivity contribution in [3.63, 3.8) is 0 Å². The first-order valence-corrected chi connectivity index (χ1v) is 9.89. The minimum absolute atomic E-state index is 0.357. The molecule has 2 heterocycles. The van der Waals surface area contributed by atoms with E-state index in [-0.39, 0.29) is 0 Å². The number of hydrogen-bond donors (Lipinski definition) is 2. The maximum Gasteiger partial charge on any atom is 0.192 e. The van der Waals surface area contributed by atoms with Crippen LogP contribution in [0.2, 0.25) is 5.02 Å². The van der Waals surface area contributed by atoms with Gasteiger partial charge in [0, 0.05) is 42.9 Å². The summed E-state index contributed by atoms with van der Waals surface area (Å²) in [7, 11) is 1.97. The van der Waals surface area contributed by atoms with Gasteiger partial charge in [-0.1, -0.05) is 17.7 Å². The molecule has 0 bridgehead atoms. The molecule has 0 amide bonds. The summed E-state index contributed by atoms with van der Waals surface area (Å²) in [6.45, 7) is 4.42. The molecular formula is C19H26ClN7. The van der Waals surface area contributed by atoms with Gasteiger partial charge in [0.1, 0.15) is 12.4 Å². The Morgan fingerprint density at radius 3 is 2.74 bits per heavy atom. The Morgan fingerprint density at radius 2 is 2.04 bits per heavy atom. The van der Waals surface area contributed by atoms with Crippen molar-refractivity contribution in [2.24, 2.45) is 12.0 Å². The Labute approximate surface area is 164 Å². The minimum Gasteiger partial charge on any atom is -0.369 e. The molecule has 2 aromatic rings. The van der Waals surface area contributed by atoms with Crippen molar-refractivity contribution in [3.05, 3.63) is 40.9 Å². The van der Waals surface area contributed by atoms with Crippen molar-refractivity contribution < 1.29 is 0 Å². The number of aryl methyl sites for hydroxylation is 1. The fourth-order valence-electron chi connectivity index (χ4n) is 3.27. The van der Waals surface area contributed by atoms with Crippen molar-refractivity contribution >= 4 is 23.2 Å². The number of hydrogen-bond acceptors (Lipinski definition) is 4. The van der Waals surface area contributed by atoms with Crippen LogP contribution in [0.5, 0.6) is 0 Å². The van der Waals surface area contributed by atoms with E-state index in [2.05, 4.69) is 31.8 Å². The second kappa shape index (κ2) is 7.76. The van der Waals surface area contributed by atoms with Crippen LogP contribution in [-0.4, -0.2) is 45.9 Å². The summed E-state index contributed by atoms with van der Waals surface area (Å²) < 4.78 is 1.98. The van der Waals surface area contributed by atoms with Crippen molar-refractivity contribution in [1.82, 2.24) is 25.4 Å². The Kier molecular flexibility index (Phi) is 5.20. The summed E-state index contributed by atoms with van der Waals surface area (Å²) in [6.07, 6.45) is 3.49. The van der Waals surface area contributed by atoms with Gasteiger partial charge in [0.15, 0.2) is 11.8 Å². The molecule has 1 atom stereocenters. The molecule has 1 aliphatic heterocycles. The Balaban J connectivity index is 1.40. The van der Waals surface area contributed by atoms with Crippen LogP contribution in [0.1, 0.15) is 30.9 Å². The van der Waals surface area contributed by atoms with Gasteiger partial charge in [-0.2, -0.15) is 0 Å². The molecule has 2 fully saturated rings. The molecule has 1 aromatic heterocycles. The number of nitrogens with zero attached hydrogens (tertiary/aromatic N) is 5. The number of halogens is 1. The van der Waals surface area contributed by atoms with Crippen LogP contribution in [0.25, 0.3) is 0 Å². The topological polar surface area (TPSA) is 70.4 Å². The number of rotatable bonds is 5. The molecule has 7 nitrogen and oxygen atoms in total. The number of nitrogens with one attached hydrogen (secondary N) is 2. The standard InChI is InChI=1S/C19H26ClN7/c1-13-24-25-18(26(13)2)11-21-19(22-15-6-7-15)23-16-8-9-27(12-16)17-5-3-4-14(20)10-17/h3-5,10,15-16H,6-9,11-12H2,1-2H3,(H2,21,22,23). The zero-order valence-corrected chi connectivity index (χ0v) is 16.6.